The highest BCUT2D eigenvalue weighted by Crippen LogP contribution is 2.22. The highest BCUT2D eigenvalue weighted by molar-refractivity contribution is 5.99. The molecule has 2 amide bonds. The minimum absolute atomic E-state index is 0.106. The van der Waals surface area contributed by atoms with Gasteiger partial charge in [-0.1, -0.05) is 0 Å². The third-order valence-corrected chi connectivity index (χ3v) is 3.21. The number of nitrogens with one attached hydrogen (secondary N) is 2. The topological polar surface area (TPSA) is 108 Å². The van der Waals surface area contributed by atoms with Crippen LogP contribution in [0, 0.1) is 10.1 Å². The van der Waals surface area contributed by atoms with Crippen molar-refractivity contribution in [2.45, 2.75) is 19.4 Å². The lowest BCUT2D eigenvalue weighted by molar-refractivity contribution is -0.384. The summed E-state index contributed by atoms with van der Waals surface area (Å²) in [6.07, 6.45) is 1.16. The maximum absolute atomic E-state index is 12.3. The van der Waals surface area contributed by atoms with Gasteiger partial charge < -0.3 is 15.2 Å². The maximum Gasteiger partial charge on any atom is 0.287 e. The average molecular weight is 266 g/mol. The number of hydrogen-bond acceptors (Lipinski definition) is 4. The van der Waals surface area contributed by atoms with Gasteiger partial charge >= 0.3 is 0 Å². The fourth-order valence-electron chi connectivity index (χ4n) is 2.01. The van der Waals surface area contributed by atoms with E-state index in [9.17, 15) is 19.7 Å². The van der Waals surface area contributed by atoms with E-state index in [-0.39, 0.29) is 17.3 Å². The van der Waals surface area contributed by atoms with E-state index in [2.05, 4.69) is 10.3 Å². The van der Waals surface area contributed by atoms with Crippen molar-refractivity contribution >= 4 is 17.5 Å². The third-order valence-electron chi connectivity index (χ3n) is 3.21. The van der Waals surface area contributed by atoms with Gasteiger partial charge in [-0.05, 0) is 13.8 Å². The first-order valence-corrected chi connectivity index (χ1v) is 5.77. The van der Waals surface area contributed by atoms with Gasteiger partial charge in [0.2, 0.25) is 5.91 Å². The lowest BCUT2D eigenvalue weighted by atomic mass is 9.98. The van der Waals surface area contributed by atoms with Crippen LogP contribution in [0.3, 0.4) is 0 Å². The van der Waals surface area contributed by atoms with Crippen LogP contribution in [0.4, 0.5) is 5.69 Å². The summed E-state index contributed by atoms with van der Waals surface area (Å²) in [6, 6.07) is 1.17. The van der Waals surface area contributed by atoms with Gasteiger partial charge in [-0.2, -0.15) is 0 Å². The summed E-state index contributed by atoms with van der Waals surface area (Å²) in [5.74, 6) is -0.666. The van der Waals surface area contributed by atoms with E-state index in [0.29, 0.717) is 13.1 Å². The van der Waals surface area contributed by atoms with Crippen molar-refractivity contribution in [1.82, 2.24) is 15.2 Å². The molecule has 0 unspecified atom stereocenters. The van der Waals surface area contributed by atoms with Gasteiger partial charge in [0, 0.05) is 19.2 Å². The summed E-state index contributed by atoms with van der Waals surface area (Å²) in [7, 11) is 0. The maximum atomic E-state index is 12.3. The molecule has 102 valence electrons. The first kappa shape index (κ1) is 13.1. The monoisotopic (exact) mass is 266 g/mol. The lowest BCUT2D eigenvalue weighted by Gasteiger charge is -2.40. The Bertz CT molecular complexity index is 549. The molecule has 19 heavy (non-hydrogen) atoms. The van der Waals surface area contributed by atoms with Gasteiger partial charge in [0.1, 0.15) is 11.2 Å². The molecular weight excluding hydrogens is 252 g/mol. The molecule has 0 aromatic carbocycles. The second-order valence-corrected chi connectivity index (χ2v) is 4.80. The zero-order valence-electron chi connectivity index (χ0n) is 10.6. The number of aromatic amines is 1. The van der Waals surface area contributed by atoms with E-state index in [1.54, 1.807) is 13.8 Å². The SMILES string of the molecule is CC1(C)C(=O)NCCN1C(=O)c1cc([N+](=O)[O-])c[nH]1. The van der Waals surface area contributed by atoms with Gasteiger partial charge in [0.25, 0.3) is 11.6 Å². The van der Waals surface area contributed by atoms with Crippen LogP contribution in [-0.4, -0.2) is 45.2 Å². The Morgan fingerprint density at radius 2 is 2.21 bits per heavy atom. The van der Waals surface area contributed by atoms with Gasteiger partial charge in [0.05, 0.1) is 11.1 Å². The minimum Gasteiger partial charge on any atom is -0.352 e. The summed E-state index contributed by atoms with van der Waals surface area (Å²) < 4.78 is 0. The van der Waals surface area contributed by atoms with Crippen molar-refractivity contribution in [3.63, 3.8) is 0 Å². The number of aromatic nitrogens is 1. The molecule has 0 bridgehead atoms. The zero-order valence-corrected chi connectivity index (χ0v) is 10.6. The van der Waals surface area contributed by atoms with Crippen LogP contribution < -0.4 is 5.32 Å². The minimum atomic E-state index is -0.977. The molecule has 2 rings (SSSR count). The summed E-state index contributed by atoms with van der Waals surface area (Å²) in [5, 5.41) is 13.3. The van der Waals surface area contributed by atoms with E-state index in [1.807, 2.05) is 0 Å². The number of rotatable bonds is 2. The predicted molar refractivity (Wildman–Crippen MR) is 65.6 cm³/mol. The Morgan fingerprint density at radius 3 is 2.79 bits per heavy atom. The number of nitrogens with zero attached hydrogens (tertiary/aromatic N) is 2. The predicted octanol–water partition coefficient (Wildman–Crippen LogP) is 0.273. The Labute approximate surface area is 108 Å². The summed E-state index contributed by atoms with van der Waals surface area (Å²) in [5.41, 5.74) is -1.05. The first-order valence-electron chi connectivity index (χ1n) is 5.77. The number of piperazine rings is 1. The number of nitro groups is 1. The highest BCUT2D eigenvalue weighted by Gasteiger charge is 2.41. The second-order valence-electron chi connectivity index (χ2n) is 4.80. The van der Waals surface area contributed by atoms with Crippen LogP contribution in [0.1, 0.15) is 24.3 Å². The molecule has 8 heteroatoms. The summed E-state index contributed by atoms with van der Waals surface area (Å²) in [6.45, 7) is 4.01. The molecule has 1 saturated heterocycles. The molecule has 0 saturated carbocycles. The van der Waals surface area contributed by atoms with Gasteiger partial charge in [-0.25, -0.2) is 0 Å². The van der Waals surface area contributed by atoms with Crippen molar-refractivity contribution < 1.29 is 14.5 Å². The third kappa shape index (κ3) is 2.16. The lowest BCUT2D eigenvalue weighted by Crippen LogP contribution is -2.63. The van der Waals surface area contributed by atoms with E-state index >= 15 is 0 Å². The van der Waals surface area contributed by atoms with E-state index in [1.165, 1.54) is 11.0 Å². The standard InChI is InChI=1S/C11H14N4O4/c1-11(2)10(17)12-3-4-14(11)9(16)8-5-7(6-13-8)15(18)19/h5-6,13H,3-4H2,1-2H3,(H,12,17). The second kappa shape index (κ2) is 4.38. The molecule has 1 aliphatic heterocycles. The first-order chi connectivity index (χ1) is 8.84. The number of amides is 2. The molecule has 1 aromatic rings. The van der Waals surface area contributed by atoms with E-state index in [4.69, 9.17) is 0 Å². The molecule has 0 radical (unpaired) electrons. The molecule has 1 fully saturated rings. The smallest absolute Gasteiger partial charge is 0.287 e. The normalized spacial score (nSPS) is 18.0. The van der Waals surface area contributed by atoms with Crippen LogP contribution in [-0.2, 0) is 4.79 Å². The average Bonchev–Trinajstić information content (AvgIpc) is 2.81. The Kier molecular flexibility index (Phi) is 3.01. The van der Waals surface area contributed by atoms with Crippen molar-refractivity contribution in [2.75, 3.05) is 13.1 Å². The van der Waals surface area contributed by atoms with E-state index < -0.39 is 16.4 Å². The van der Waals surface area contributed by atoms with Gasteiger partial charge in [-0.15, -0.1) is 0 Å². The molecule has 0 spiro atoms. The fourth-order valence-corrected chi connectivity index (χ4v) is 2.01. The number of H-pyrrole nitrogens is 1. The Balaban J connectivity index is 2.27. The molecule has 8 nitrogen and oxygen atoms in total. The fraction of sp³-hybridized carbons (Fsp3) is 0.455. The highest BCUT2D eigenvalue weighted by atomic mass is 16.6. The molecule has 0 atom stereocenters. The summed E-state index contributed by atoms with van der Waals surface area (Å²) in [4.78, 5) is 38.0. The van der Waals surface area contributed by atoms with Gasteiger partial charge in [0.15, 0.2) is 0 Å². The zero-order chi connectivity index (χ0) is 14.2. The molecule has 1 aliphatic rings. The summed E-state index contributed by atoms with van der Waals surface area (Å²) >= 11 is 0. The van der Waals surface area contributed by atoms with Crippen molar-refractivity contribution in [3.05, 3.63) is 28.1 Å². The van der Waals surface area contributed by atoms with Crippen LogP contribution >= 0.6 is 0 Å². The molecule has 2 N–H and O–H groups in total. The van der Waals surface area contributed by atoms with Crippen LogP contribution in [0.15, 0.2) is 12.3 Å². The Hall–Kier alpha value is -2.38. The Morgan fingerprint density at radius 1 is 1.53 bits per heavy atom. The number of carbonyl (C=O) groups excluding carboxylic acids is 2. The van der Waals surface area contributed by atoms with E-state index in [0.717, 1.165) is 6.20 Å². The number of carbonyl (C=O) groups is 2. The van der Waals surface area contributed by atoms with Crippen LogP contribution in [0.2, 0.25) is 0 Å². The molecular formula is C11H14N4O4. The van der Waals surface area contributed by atoms with Crippen LogP contribution in [0.25, 0.3) is 0 Å². The molecule has 2 heterocycles. The molecule has 0 aliphatic carbocycles. The number of hydrogen-bond donors (Lipinski definition) is 2. The van der Waals surface area contributed by atoms with Crippen molar-refractivity contribution in [3.8, 4) is 0 Å². The quantitative estimate of drug-likeness (QED) is 0.591. The van der Waals surface area contributed by atoms with Crippen molar-refractivity contribution in [1.29, 1.82) is 0 Å². The molecule has 1 aromatic heterocycles. The van der Waals surface area contributed by atoms with Gasteiger partial charge in [-0.3, -0.25) is 19.7 Å². The van der Waals surface area contributed by atoms with Crippen molar-refractivity contribution in [2.24, 2.45) is 0 Å². The van der Waals surface area contributed by atoms with Crippen LogP contribution in [0.5, 0.6) is 0 Å². The largest absolute Gasteiger partial charge is 0.352 e.